The summed E-state index contributed by atoms with van der Waals surface area (Å²) < 4.78 is 27.0. The number of amides is 3. The van der Waals surface area contributed by atoms with Crippen LogP contribution in [0.1, 0.15) is 41.3 Å². The molecule has 1 fully saturated rings. The lowest BCUT2D eigenvalue weighted by Gasteiger charge is -2.36. The second-order valence-electron chi connectivity index (χ2n) is 8.48. The highest BCUT2D eigenvalue weighted by Gasteiger charge is 2.39. The van der Waals surface area contributed by atoms with Crippen LogP contribution in [0, 0.1) is 13.8 Å². The third kappa shape index (κ3) is 5.64. The van der Waals surface area contributed by atoms with Gasteiger partial charge in [-0.1, -0.05) is 42.8 Å². The van der Waals surface area contributed by atoms with Crippen molar-refractivity contribution in [2.75, 3.05) is 26.2 Å². The van der Waals surface area contributed by atoms with Gasteiger partial charge in [-0.25, -0.2) is 8.42 Å². The van der Waals surface area contributed by atoms with E-state index in [-0.39, 0.29) is 23.9 Å². The SMILES string of the molecule is CCCC(=O)N1CCN(C(=O)[C@H](NC(=O)c2ccccc2C)S(=O)(=O)c2ccc(C)cc2)CC1. The zero-order chi connectivity index (χ0) is 24.9. The lowest BCUT2D eigenvalue weighted by Crippen LogP contribution is -2.57. The Labute approximate surface area is 200 Å². The van der Waals surface area contributed by atoms with E-state index in [1.54, 1.807) is 48.2 Å². The quantitative estimate of drug-likeness (QED) is 0.648. The molecule has 1 atom stereocenters. The van der Waals surface area contributed by atoms with Crippen LogP contribution in [0.5, 0.6) is 0 Å². The van der Waals surface area contributed by atoms with Gasteiger partial charge in [-0.05, 0) is 44.0 Å². The number of sulfone groups is 1. The number of aryl methyl sites for hydroxylation is 2. The molecule has 182 valence electrons. The van der Waals surface area contributed by atoms with Crippen molar-refractivity contribution in [3.8, 4) is 0 Å². The van der Waals surface area contributed by atoms with E-state index in [0.29, 0.717) is 30.6 Å². The number of benzene rings is 2. The summed E-state index contributed by atoms with van der Waals surface area (Å²) in [7, 11) is -4.22. The number of carbonyl (C=O) groups excluding carboxylic acids is 3. The summed E-state index contributed by atoms with van der Waals surface area (Å²) in [5.74, 6) is -1.32. The number of carbonyl (C=O) groups is 3. The lowest BCUT2D eigenvalue weighted by molar-refractivity contribution is -0.139. The first-order chi connectivity index (χ1) is 16.1. The third-order valence-corrected chi connectivity index (χ3v) is 7.81. The maximum absolute atomic E-state index is 13.5. The summed E-state index contributed by atoms with van der Waals surface area (Å²) in [4.78, 5) is 41.7. The van der Waals surface area contributed by atoms with Crippen LogP contribution in [0.3, 0.4) is 0 Å². The zero-order valence-electron chi connectivity index (χ0n) is 19.8. The zero-order valence-corrected chi connectivity index (χ0v) is 20.6. The molecular weight excluding hydrogens is 454 g/mol. The average molecular weight is 486 g/mol. The molecule has 0 aromatic heterocycles. The van der Waals surface area contributed by atoms with Crippen molar-refractivity contribution in [3.63, 3.8) is 0 Å². The largest absolute Gasteiger partial charge is 0.339 e. The van der Waals surface area contributed by atoms with Crippen LogP contribution >= 0.6 is 0 Å². The molecule has 0 spiro atoms. The smallest absolute Gasteiger partial charge is 0.261 e. The first-order valence-corrected chi connectivity index (χ1v) is 12.9. The van der Waals surface area contributed by atoms with E-state index in [2.05, 4.69) is 5.32 Å². The standard InChI is InChI=1S/C25H31N3O5S/c1-4-7-22(29)27-14-16-28(17-15-27)25(31)24(26-23(30)21-9-6-5-8-19(21)3)34(32,33)20-12-10-18(2)11-13-20/h5-6,8-13,24H,4,7,14-17H2,1-3H3,(H,26,30)/t24-/m1/s1. The van der Waals surface area contributed by atoms with Crippen LogP contribution < -0.4 is 5.32 Å². The van der Waals surface area contributed by atoms with Crippen molar-refractivity contribution >= 4 is 27.6 Å². The number of piperazine rings is 1. The molecule has 1 N–H and O–H groups in total. The molecule has 3 rings (SSSR count). The molecule has 0 radical (unpaired) electrons. The molecule has 0 unspecified atom stereocenters. The number of nitrogens with one attached hydrogen (secondary N) is 1. The summed E-state index contributed by atoms with van der Waals surface area (Å²) in [5.41, 5.74) is 1.84. The second-order valence-corrected chi connectivity index (χ2v) is 10.5. The Kier molecular flexibility index (Phi) is 8.09. The highest BCUT2D eigenvalue weighted by Crippen LogP contribution is 2.19. The maximum Gasteiger partial charge on any atom is 0.261 e. The minimum atomic E-state index is -4.22. The van der Waals surface area contributed by atoms with Gasteiger partial charge in [0.2, 0.25) is 21.1 Å². The van der Waals surface area contributed by atoms with Crippen molar-refractivity contribution in [3.05, 3.63) is 65.2 Å². The van der Waals surface area contributed by atoms with Crippen LogP contribution in [0.15, 0.2) is 53.4 Å². The van der Waals surface area contributed by atoms with E-state index >= 15 is 0 Å². The van der Waals surface area contributed by atoms with Crippen molar-refractivity contribution < 1.29 is 22.8 Å². The van der Waals surface area contributed by atoms with Gasteiger partial charge in [0.25, 0.3) is 11.8 Å². The molecule has 3 amide bonds. The van der Waals surface area contributed by atoms with Gasteiger partial charge in [-0.2, -0.15) is 0 Å². The average Bonchev–Trinajstić information content (AvgIpc) is 2.82. The van der Waals surface area contributed by atoms with Crippen molar-refractivity contribution in [1.82, 2.24) is 15.1 Å². The number of hydrogen-bond acceptors (Lipinski definition) is 5. The molecule has 1 heterocycles. The van der Waals surface area contributed by atoms with Crippen LogP contribution in [-0.2, 0) is 19.4 Å². The fourth-order valence-corrected chi connectivity index (χ4v) is 5.34. The van der Waals surface area contributed by atoms with Crippen LogP contribution in [0.4, 0.5) is 0 Å². The van der Waals surface area contributed by atoms with Crippen molar-refractivity contribution in [2.45, 2.75) is 43.9 Å². The number of nitrogens with zero attached hydrogens (tertiary/aromatic N) is 2. The monoisotopic (exact) mass is 485 g/mol. The Morgan fingerprint density at radius 3 is 2.09 bits per heavy atom. The van der Waals surface area contributed by atoms with Crippen molar-refractivity contribution in [2.24, 2.45) is 0 Å². The minimum Gasteiger partial charge on any atom is -0.339 e. The predicted octanol–water partition coefficient (Wildman–Crippen LogP) is 2.30. The van der Waals surface area contributed by atoms with E-state index in [9.17, 15) is 22.8 Å². The molecular formula is C25H31N3O5S. The fourth-order valence-electron chi connectivity index (χ4n) is 3.87. The fraction of sp³-hybridized carbons (Fsp3) is 0.400. The summed E-state index contributed by atoms with van der Waals surface area (Å²) in [5, 5.41) is 0.703. The van der Waals surface area contributed by atoms with Crippen LogP contribution in [0.2, 0.25) is 0 Å². The molecule has 34 heavy (non-hydrogen) atoms. The maximum atomic E-state index is 13.5. The van der Waals surface area contributed by atoms with Gasteiger partial charge in [-0.15, -0.1) is 0 Å². The predicted molar refractivity (Wildman–Crippen MR) is 129 cm³/mol. The normalized spacial score (nSPS) is 15.0. The molecule has 1 aliphatic rings. The Morgan fingerprint density at radius 1 is 0.912 bits per heavy atom. The summed E-state index contributed by atoms with van der Waals surface area (Å²) in [6.07, 6.45) is 1.17. The molecule has 9 heteroatoms. The first-order valence-electron chi connectivity index (χ1n) is 11.4. The van der Waals surface area contributed by atoms with E-state index < -0.39 is 27.0 Å². The highest BCUT2D eigenvalue weighted by atomic mass is 32.2. The van der Waals surface area contributed by atoms with E-state index in [4.69, 9.17) is 0 Å². The van der Waals surface area contributed by atoms with E-state index in [0.717, 1.165) is 12.0 Å². The highest BCUT2D eigenvalue weighted by molar-refractivity contribution is 7.92. The molecule has 2 aromatic carbocycles. The van der Waals surface area contributed by atoms with Gasteiger partial charge >= 0.3 is 0 Å². The van der Waals surface area contributed by atoms with Gasteiger partial charge in [0, 0.05) is 38.2 Å². The molecule has 0 bridgehead atoms. The van der Waals surface area contributed by atoms with Gasteiger partial charge in [0.05, 0.1) is 4.90 Å². The lowest BCUT2D eigenvalue weighted by atomic mass is 10.1. The van der Waals surface area contributed by atoms with E-state index in [1.807, 2.05) is 13.8 Å². The van der Waals surface area contributed by atoms with Gasteiger partial charge < -0.3 is 15.1 Å². The Hall–Kier alpha value is -3.20. The van der Waals surface area contributed by atoms with Gasteiger partial charge in [0.15, 0.2) is 0 Å². The molecule has 1 saturated heterocycles. The third-order valence-electron chi connectivity index (χ3n) is 5.94. The Morgan fingerprint density at radius 2 is 1.50 bits per heavy atom. The van der Waals surface area contributed by atoms with E-state index in [1.165, 1.54) is 17.0 Å². The molecule has 1 aliphatic heterocycles. The summed E-state index contributed by atoms with van der Waals surface area (Å²) in [6, 6.07) is 13.0. The van der Waals surface area contributed by atoms with Gasteiger partial charge in [-0.3, -0.25) is 14.4 Å². The number of hydrogen-bond donors (Lipinski definition) is 1. The molecule has 0 aliphatic carbocycles. The molecule has 0 saturated carbocycles. The van der Waals surface area contributed by atoms with Crippen LogP contribution in [-0.4, -0.2) is 67.5 Å². The number of rotatable bonds is 7. The summed E-state index contributed by atoms with van der Waals surface area (Å²) >= 11 is 0. The van der Waals surface area contributed by atoms with Crippen molar-refractivity contribution in [1.29, 1.82) is 0 Å². The first kappa shape index (κ1) is 25.4. The molecule has 2 aromatic rings. The second kappa shape index (κ2) is 10.8. The van der Waals surface area contributed by atoms with Gasteiger partial charge in [0.1, 0.15) is 0 Å². The Balaban J connectivity index is 1.88. The van der Waals surface area contributed by atoms with Crippen LogP contribution in [0.25, 0.3) is 0 Å². The summed E-state index contributed by atoms with van der Waals surface area (Å²) in [6.45, 7) is 6.56. The topological polar surface area (TPSA) is 104 Å². The minimum absolute atomic E-state index is 0.0197. The Bertz CT molecular complexity index is 1150. The molecule has 8 nitrogen and oxygen atoms in total.